The van der Waals surface area contributed by atoms with Gasteiger partial charge in [-0.3, -0.25) is 10.1 Å². The highest BCUT2D eigenvalue weighted by atomic mass is 32.1. The average molecular weight is 232 g/mol. The Hall–Kier alpha value is -1.75. The first kappa shape index (κ1) is 10.8. The molecule has 1 aromatic carbocycles. The Morgan fingerprint density at radius 2 is 2.25 bits per heavy atom. The molecule has 2 rings (SSSR count). The van der Waals surface area contributed by atoms with Gasteiger partial charge in [-0.25, -0.2) is 0 Å². The van der Waals surface area contributed by atoms with Crippen LogP contribution in [0.1, 0.15) is 20.9 Å². The zero-order valence-electron chi connectivity index (χ0n) is 8.73. The Labute approximate surface area is 97.3 Å². The molecule has 0 bridgehead atoms. The van der Waals surface area contributed by atoms with Crippen molar-refractivity contribution in [1.29, 1.82) is 0 Å². The molecule has 0 saturated heterocycles. The zero-order valence-corrected chi connectivity index (χ0v) is 9.54. The molecule has 0 saturated carbocycles. The van der Waals surface area contributed by atoms with Crippen LogP contribution in [0.25, 0.3) is 0 Å². The van der Waals surface area contributed by atoms with Gasteiger partial charge in [0.2, 0.25) is 5.13 Å². The van der Waals surface area contributed by atoms with Crippen molar-refractivity contribution in [2.75, 3.05) is 5.32 Å². The third kappa shape index (κ3) is 2.43. The minimum Gasteiger partial charge on any atom is -0.296 e. The summed E-state index contributed by atoms with van der Waals surface area (Å²) in [5.74, 6) is -0.193. The molecule has 2 aromatic rings. The summed E-state index contributed by atoms with van der Waals surface area (Å²) in [6.45, 7) is 5.61. The summed E-state index contributed by atoms with van der Waals surface area (Å²) in [7, 11) is 0. The van der Waals surface area contributed by atoms with Crippen molar-refractivity contribution in [1.82, 2.24) is 10.2 Å². The number of anilines is 1. The molecule has 0 aliphatic heterocycles. The van der Waals surface area contributed by atoms with Crippen LogP contribution in [0.15, 0.2) is 24.3 Å². The molecule has 0 aliphatic carbocycles. The summed E-state index contributed by atoms with van der Waals surface area (Å²) < 4.78 is 0. The van der Waals surface area contributed by atoms with Gasteiger partial charge < -0.3 is 0 Å². The molecular formula is C11H10N3OS. The molecule has 5 heteroatoms. The zero-order chi connectivity index (χ0) is 11.5. The number of nitrogens with zero attached hydrogens (tertiary/aromatic N) is 2. The lowest BCUT2D eigenvalue weighted by molar-refractivity contribution is 0.102. The van der Waals surface area contributed by atoms with Crippen LogP contribution in [-0.4, -0.2) is 16.1 Å². The van der Waals surface area contributed by atoms with Gasteiger partial charge >= 0.3 is 0 Å². The van der Waals surface area contributed by atoms with E-state index in [0.717, 1.165) is 10.6 Å². The highest BCUT2D eigenvalue weighted by Gasteiger charge is 2.08. The SMILES string of the molecule is [CH2]c1cccc(C(=O)Nc2nnc(C)s2)c1. The lowest BCUT2D eigenvalue weighted by Gasteiger charge is -2.01. The van der Waals surface area contributed by atoms with Crippen molar-refractivity contribution >= 4 is 22.4 Å². The molecule has 81 valence electrons. The standard InChI is InChI=1S/C11H10N3OS/c1-7-4-3-5-9(6-7)10(15)12-11-14-13-8(2)16-11/h3-6H,1H2,2H3,(H,12,14,15). The van der Waals surface area contributed by atoms with Crippen molar-refractivity contribution in [2.45, 2.75) is 6.92 Å². The number of rotatable bonds is 2. The van der Waals surface area contributed by atoms with Gasteiger partial charge in [0, 0.05) is 5.56 Å². The van der Waals surface area contributed by atoms with Gasteiger partial charge in [0.05, 0.1) is 0 Å². The number of amides is 1. The van der Waals surface area contributed by atoms with E-state index in [0.29, 0.717) is 10.7 Å². The number of carbonyl (C=O) groups is 1. The van der Waals surface area contributed by atoms with Crippen molar-refractivity contribution in [2.24, 2.45) is 0 Å². The molecule has 0 spiro atoms. The van der Waals surface area contributed by atoms with Crippen LogP contribution in [0, 0.1) is 13.8 Å². The van der Waals surface area contributed by atoms with E-state index in [1.807, 2.05) is 13.0 Å². The Balaban J connectivity index is 2.14. The summed E-state index contributed by atoms with van der Waals surface area (Å²) in [5.41, 5.74) is 1.38. The Kier molecular flexibility index (Phi) is 2.96. The van der Waals surface area contributed by atoms with Crippen LogP contribution in [0.3, 0.4) is 0 Å². The first-order valence-electron chi connectivity index (χ1n) is 4.68. The van der Waals surface area contributed by atoms with Crippen LogP contribution in [0.4, 0.5) is 5.13 Å². The third-order valence-electron chi connectivity index (χ3n) is 1.94. The summed E-state index contributed by atoms with van der Waals surface area (Å²) in [5, 5.41) is 11.7. The Morgan fingerprint density at radius 3 is 2.88 bits per heavy atom. The van der Waals surface area contributed by atoms with Gasteiger partial charge in [-0.1, -0.05) is 23.5 Å². The fraction of sp³-hybridized carbons (Fsp3) is 0.0909. The maximum absolute atomic E-state index is 11.8. The molecule has 0 unspecified atom stereocenters. The Bertz CT molecular complexity index is 521. The monoisotopic (exact) mass is 232 g/mol. The first-order valence-corrected chi connectivity index (χ1v) is 5.50. The smallest absolute Gasteiger partial charge is 0.257 e. The van der Waals surface area contributed by atoms with Crippen LogP contribution >= 0.6 is 11.3 Å². The molecule has 1 N–H and O–H groups in total. The highest BCUT2D eigenvalue weighted by Crippen LogP contribution is 2.15. The van der Waals surface area contributed by atoms with E-state index in [-0.39, 0.29) is 5.91 Å². The van der Waals surface area contributed by atoms with E-state index in [9.17, 15) is 4.79 Å². The lowest BCUT2D eigenvalue weighted by atomic mass is 10.1. The van der Waals surface area contributed by atoms with Crippen LogP contribution in [-0.2, 0) is 0 Å². The van der Waals surface area contributed by atoms with E-state index in [2.05, 4.69) is 22.4 Å². The van der Waals surface area contributed by atoms with Crippen molar-refractivity contribution in [3.63, 3.8) is 0 Å². The second kappa shape index (κ2) is 4.40. The van der Waals surface area contributed by atoms with Crippen LogP contribution in [0.5, 0.6) is 0 Å². The maximum Gasteiger partial charge on any atom is 0.257 e. The lowest BCUT2D eigenvalue weighted by Crippen LogP contribution is -2.11. The van der Waals surface area contributed by atoms with Gasteiger partial charge in [-0.05, 0) is 31.5 Å². The molecule has 1 radical (unpaired) electrons. The topological polar surface area (TPSA) is 54.9 Å². The van der Waals surface area contributed by atoms with Crippen molar-refractivity contribution in [3.05, 3.63) is 47.3 Å². The molecular weight excluding hydrogens is 222 g/mol. The molecule has 1 heterocycles. The van der Waals surface area contributed by atoms with E-state index in [1.165, 1.54) is 11.3 Å². The van der Waals surface area contributed by atoms with Crippen molar-refractivity contribution < 1.29 is 4.79 Å². The number of aryl methyl sites for hydroxylation is 1. The average Bonchev–Trinajstić information content (AvgIpc) is 2.64. The van der Waals surface area contributed by atoms with Crippen molar-refractivity contribution in [3.8, 4) is 0 Å². The van der Waals surface area contributed by atoms with E-state index in [1.54, 1.807) is 18.2 Å². The van der Waals surface area contributed by atoms with Gasteiger partial charge in [0.15, 0.2) is 0 Å². The first-order chi connectivity index (χ1) is 7.65. The minimum absolute atomic E-state index is 0.193. The third-order valence-corrected chi connectivity index (χ3v) is 2.69. The largest absolute Gasteiger partial charge is 0.296 e. The Morgan fingerprint density at radius 1 is 1.44 bits per heavy atom. The quantitative estimate of drug-likeness (QED) is 0.864. The second-order valence-electron chi connectivity index (χ2n) is 3.28. The number of hydrogen-bond acceptors (Lipinski definition) is 4. The summed E-state index contributed by atoms with van der Waals surface area (Å²) >= 11 is 1.35. The normalized spacial score (nSPS) is 10.1. The van der Waals surface area contributed by atoms with Gasteiger partial charge in [0.25, 0.3) is 5.91 Å². The predicted molar refractivity (Wildman–Crippen MR) is 63.5 cm³/mol. The summed E-state index contributed by atoms with van der Waals surface area (Å²) in [6.07, 6.45) is 0. The van der Waals surface area contributed by atoms with Gasteiger partial charge in [-0.15, -0.1) is 10.2 Å². The molecule has 1 aromatic heterocycles. The number of carbonyl (C=O) groups excluding carboxylic acids is 1. The van der Waals surface area contributed by atoms with E-state index in [4.69, 9.17) is 0 Å². The van der Waals surface area contributed by atoms with Gasteiger partial charge in [0.1, 0.15) is 5.01 Å². The molecule has 0 fully saturated rings. The highest BCUT2D eigenvalue weighted by molar-refractivity contribution is 7.15. The maximum atomic E-state index is 11.8. The van der Waals surface area contributed by atoms with Crippen LogP contribution < -0.4 is 5.32 Å². The molecule has 0 aliphatic rings. The number of nitrogens with one attached hydrogen (secondary N) is 1. The fourth-order valence-electron chi connectivity index (χ4n) is 1.23. The number of hydrogen-bond donors (Lipinski definition) is 1. The number of aromatic nitrogens is 2. The molecule has 0 atom stereocenters. The minimum atomic E-state index is -0.193. The van der Waals surface area contributed by atoms with Gasteiger partial charge in [-0.2, -0.15) is 0 Å². The number of benzene rings is 1. The molecule has 4 nitrogen and oxygen atoms in total. The second-order valence-corrected chi connectivity index (χ2v) is 4.46. The predicted octanol–water partition coefficient (Wildman–Crippen LogP) is 2.28. The molecule has 1 amide bonds. The van der Waals surface area contributed by atoms with Crippen LogP contribution in [0.2, 0.25) is 0 Å². The molecule has 16 heavy (non-hydrogen) atoms. The van der Waals surface area contributed by atoms with E-state index >= 15 is 0 Å². The fourth-order valence-corrected chi connectivity index (χ4v) is 1.82. The summed E-state index contributed by atoms with van der Waals surface area (Å²) in [6, 6.07) is 7.09. The van der Waals surface area contributed by atoms with E-state index < -0.39 is 0 Å². The summed E-state index contributed by atoms with van der Waals surface area (Å²) in [4.78, 5) is 11.8.